The molecule has 0 amide bonds. The summed E-state index contributed by atoms with van der Waals surface area (Å²) < 4.78 is 0. The van der Waals surface area contributed by atoms with Crippen molar-refractivity contribution in [3.8, 4) is 0 Å². The topological polar surface area (TPSA) is 26.7 Å². The Morgan fingerprint density at radius 3 is 2.60 bits per heavy atom. The van der Waals surface area contributed by atoms with Crippen LogP contribution in [0.2, 0.25) is 0 Å². The van der Waals surface area contributed by atoms with Gasteiger partial charge in [0.25, 0.3) is 0 Å². The Balaban J connectivity index is 1.92. The largest absolute Gasteiger partial charge is 0.396 e. The molecule has 1 aliphatic rings. The summed E-state index contributed by atoms with van der Waals surface area (Å²) in [5, 5.41) is 8.91. The minimum Gasteiger partial charge on any atom is -0.396 e. The number of benzene rings is 1. The van der Waals surface area contributed by atoms with E-state index in [4.69, 9.17) is 5.11 Å². The van der Waals surface area contributed by atoms with Crippen molar-refractivity contribution in [2.45, 2.75) is 24.7 Å². The van der Waals surface area contributed by atoms with Gasteiger partial charge in [-0.1, -0.05) is 19.1 Å². The molecule has 1 saturated heterocycles. The van der Waals surface area contributed by atoms with Crippen molar-refractivity contribution in [2.75, 3.05) is 50.0 Å². The number of hydrogen-bond acceptors (Lipinski definition) is 4. The first-order valence-corrected chi connectivity index (χ1v) is 8.63. The second-order valence-corrected chi connectivity index (χ2v) is 6.36. The first-order chi connectivity index (χ1) is 9.85. The molecular formula is C16H26N2OS. The molecule has 1 fully saturated rings. The fourth-order valence-electron chi connectivity index (χ4n) is 2.56. The van der Waals surface area contributed by atoms with E-state index in [1.165, 1.54) is 22.8 Å². The highest BCUT2D eigenvalue weighted by Crippen LogP contribution is 2.31. The molecule has 0 aliphatic carbocycles. The van der Waals surface area contributed by atoms with Gasteiger partial charge in [0.15, 0.2) is 0 Å². The van der Waals surface area contributed by atoms with E-state index in [9.17, 15) is 0 Å². The number of rotatable bonds is 7. The predicted octanol–water partition coefficient (Wildman–Crippen LogP) is 2.69. The summed E-state index contributed by atoms with van der Waals surface area (Å²) in [6.45, 7) is 7.95. The molecule has 2 rings (SSSR count). The van der Waals surface area contributed by atoms with Crippen LogP contribution in [0, 0.1) is 0 Å². The lowest BCUT2D eigenvalue weighted by molar-refractivity contribution is 0.216. The van der Waals surface area contributed by atoms with Gasteiger partial charge >= 0.3 is 0 Å². The number of piperazine rings is 1. The van der Waals surface area contributed by atoms with Crippen molar-refractivity contribution in [3.05, 3.63) is 24.3 Å². The molecule has 1 aliphatic heterocycles. The van der Waals surface area contributed by atoms with E-state index in [-0.39, 0.29) is 0 Å². The van der Waals surface area contributed by atoms with Crippen LogP contribution in [0.15, 0.2) is 29.2 Å². The van der Waals surface area contributed by atoms with E-state index in [1.807, 2.05) is 11.8 Å². The molecular weight excluding hydrogens is 268 g/mol. The maximum Gasteiger partial charge on any atom is 0.0505 e. The van der Waals surface area contributed by atoms with Gasteiger partial charge in [0, 0.05) is 44.2 Å². The van der Waals surface area contributed by atoms with Gasteiger partial charge in [-0.3, -0.25) is 4.90 Å². The van der Waals surface area contributed by atoms with Gasteiger partial charge in [0.1, 0.15) is 0 Å². The monoisotopic (exact) mass is 294 g/mol. The maximum absolute atomic E-state index is 8.91. The molecule has 1 heterocycles. The van der Waals surface area contributed by atoms with E-state index >= 15 is 0 Å². The fraction of sp³-hybridized carbons (Fsp3) is 0.625. The number of nitrogens with zero attached hydrogens (tertiary/aromatic N) is 2. The summed E-state index contributed by atoms with van der Waals surface area (Å²) in [5.74, 6) is 1.19. The van der Waals surface area contributed by atoms with Gasteiger partial charge in [-0.15, -0.1) is 11.8 Å². The quantitative estimate of drug-likeness (QED) is 0.782. The van der Waals surface area contributed by atoms with E-state index in [0.717, 1.165) is 39.1 Å². The molecule has 0 unspecified atom stereocenters. The Bertz CT molecular complexity index is 392. The van der Waals surface area contributed by atoms with Crippen molar-refractivity contribution in [3.63, 3.8) is 0 Å². The smallest absolute Gasteiger partial charge is 0.0505 e. The number of para-hydroxylation sites is 1. The van der Waals surface area contributed by atoms with Crippen molar-refractivity contribution in [2.24, 2.45) is 0 Å². The van der Waals surface area contributed by atoms with Crippen LogP contribution in [0.5, 0.6) is 0 Å². The Morgan fingerprint density at radius 1 is 1.15 bits per heavy atom. The molecule has 4 heteroatoms. The third-order valence-electron chi connectivity index (χ3n) is 3.67. The van der Waals surface area contributed by atoms with Gasteiger partial charge in [0.05, 0.1) is 5.69 Å². The highest BCUT2D eigenvalue weighted by molar-refractivity contribution is 7.99. The second-order valence-electron chi connectivity index (χ2n) is 5.22. The molecule has 112 valence electrons. The van der Waals surface area contributed by atoms with Crippen LogP contribution in [-0.4, -0.2) is 55.1 Å². The molecule has 0 aromatic heterocycles. The Hall–Kier alpha value is -0.710. The SMILES string of the molecule is CCCSc1ccccc1N1CCN(CCCO)CC1. The van der Waals surface area contributed by atoms with Crippen molar-refractivity contribution in [1.82, 2.24) is 4.90 Å². The van der Waals surface area contributed by atoms with Gasteiger partial charge in [-0.05, 0) is 30.7 Å². The number of thioether (sulfide) groups is 1. The summed E-state index contributed by atoms with van der Waals surface area (Å²) >= 11 is 1.97. The number of aliphatic hydroxyl groups excluding tert-OH is 1. The van der Waals surface area contributed by atoms with Gasteiger partial charge in [-0.25, -0.2) is 0 Å². The molecule has 1 aromatic rings. The second kappa shape index (κ2) is 8.55. The first kappa shape index (κ1) is 15.7. The molecule has 20 heavy (non-hydrogen) atoms. The van der Waals surface area contributed by atoms with Crippen LogP contribution in [0.25, 0.3) is 0 Å². The van der Waals surface area contributed by atoms with Crippen LogP contribution in [0.4, 0.5) is 5.69 Å². The number of aliphatic hydroxyl groups is 1. The summed E-state index contributed by atoms with van der Waals surface area (Å²) in [5.41, 5.74) is 1.40. The lowest BCUT2D eigenvalue weighted by atomic mass is 10.2. The minimum atomic E-state index is 0.302. The van der Waals surface area contributed by atoms with Crippen LogP contribution >= 0.6 is 11.8 Å². The highest BCUT2D eigenvalue weighted by Gasteiger charge is 2.18. The van der Waals surface area contributed by atoms with Gasteiger partial charge in [0.2, 0.25) is 0 Å². The Labute approximate surface area is 127 Å². The number of anilines is 1. The standard InChI is InChI=1S/C16H26N2OS/c1-2-14-20-16-7-4-3-6-15(16)18-11-9-17(10-12-18)8-5-13-19/h3-4,6-7,19H,2,5,8-14H2,1H3. The van der Waals surface area contributed by atoms with Crippen LogP contribution in [0.1, 0.15) is 19.8 Å². The molecule has 0 atom stereocenters. The van der Waals surface area contributed by atoms with Gasteiger partial charge < -0.3 is 10.0 Å². The molecule has 3 nitrogen and oxygen atoms in total. The lowest BCUT2D eigenvalue weighted by Gasteiger charge is -2.36. The minimum absolute atomic E-state index is 0.302. The van der Waals surface area contributed by atoms with Crippen LogP contribution in [-0.2, 0) is 0 Å². The summed E-state index contributed by atoms with van der Waals surface area (Å²) in [6.07, 6.45) is 2.11. The fourth-order valence-corrected chi connectivity index (χ4v) is 3.50. The summed E-state index contributed by atoms with van der Waals surface area (Å²) in [4.78, 5) is 6.38. The van der Waals surface area contributed by atoms with Crippen molar-refractivity contribution in [1.29, 1.82) is 0 Å². The van der Waals surface area contributed by atoms with Gasteiger partial charge in [-0.2, -0.15) is 0 Å². The third kappa shape index (κ3) is 4.40. The average molecular weight is 294 g/mol. The molecule has 0 saturated carbocycles. The zero-order valence-corrected chi connectivity index (χ0v) is 13.2. The number of hydrogen-bond donors (Lipinski definition) is 1. The molecule has 1 N–H and O–H groups in total. The lowest BCUT2D eigenvalue weighted by Crippen LogP contribution is -2.46. The zero-order chi connectivity index (χ0) is 14.2. The molecule has 0 bridgehead atoms. The zero-order valence-electron chi connectivity index (χ0n) is 12.4. The van der Waals surface area contributed by atoms with E-state index in [0.29, 0.717) is 6.61 Å². The first-order valence-electron chi connectivity index (χ1n) is 7.65. The third-order valence-corrected chi connectivity index (χ3v) is 4.94. The van der Waals surface area contributed by atoms with E-state index < -0.39 is 0 Å². The average Bonchev–Trinajstić information content (AvgIpc) is 2.52. The predicted molar refractivity (Wildman–Crippen MR) is 87.8 cm³/mol. The molecule has 0 radical (unpaired) electrons. The van der Waals surface area contributed by atoms with Crippen LogP contribution < -0.4 is 4.90 Å². The Morgan fingerprint density at radius 2 is 1.90 bits per heavy atom. The normalized spacial score (nSPS) is 16.6. The van der Waals surface area contributed by atoms with Crippen molar-refractivity contribution < 1.29 is 5.11 Å². The molecule has 1 aromatic carbocycles. The van der Waals surface area contributed by atoms with E-state index in [2.05, 4.69) is 41.0 Å². The summed E-state index contributed by atoms with van der Waals surface area (Å²) in [7, 11) is 0. The van der Waals surface area contributed by atoms with E-state index in [1.54, 1.807) is 0 Å². The summed E-state index contributed by atoms with van der Waals surface area (Å²) in [6, 6.07) is 8.78. The Kier molecular flexibility index (Phi) is 6.70. The molecule has 0 spiro atoms. The highest BCUT2D eigenvalue weighted by atomic mass is 32.2. The maximum atomic E-state index is 8.91. The van der Waals surface area contributed by atoms with Crippen molar-refractivity contribution >= 4 is 17.4 Å². The van der Waals surface area contributed by atoms with Crippen LogP contribution in [0.3, 0.4) is 0 Å².